The van der Waals surface area contributed by atoms with Crippen LogP contribution < -0.4 is 5.32 Å². The largest absolute Gasteiger partial charge is 0.378 e. The summed E-state index contributed by atoms with van der Waals surface area (Å²) in [5.41, 5.74) is 1.97. The molecule has 1 saturated heterocycles. The minimum absolute atomic E-state index is 0.0928. The summed E-state index contributed by atoms with van der Waals surface area (Å²) in [5.74, 6) is 0.293. The lowest BCUT2D eigenvalue weighted by molar-refractivity contribution is -0.134. The van der Waals surface area contributed by atoms with E-state index in [4.69, 9.17) is 9.26 Å². The molecule has 1 aromatic carbocycles. The summed E-state index contributed by atoms with van der Waals surface area (Å²) < 4.78 is 10.1. The number of nitrogens with one attached hydrogen (secondary N) is 1. The first-order chi connectivity index (χ1) is 11.6. The Labute approximate surface area is 139 Å². The van der Waals surface area contributed by atoms with Crippen LogP contribution in [-0.2, 0) is 16.0 Å². The number of aryl methyl sites for hydroxylation is 1. The van der Waals surface area contributed by atoms with Crippen molar-refractivity contribution < 1.29 is 18.8 Å². The lowest BCUT2D eigenvalue weighted by Gasteiger charge is -2.26. The van der Waals surface area contributed by atoms with E-state index in [9.17, 15) is 9.59 Å². The fraction of sp³-hybridized carbons (Fsp3) is 0.353. The molecule has 7 nitrogen and oxygen atoms in total. The van der Waals surface area contributed by atoms with Crippen LogP contribution in [-0.4, -0.2) is 48.2 Å². The van der Waals surface area contributed by atoms with E-state index in [1.807, 2.05) is 17.0 Å². The molecule has 3 rings (SSSR count). The fourth-order valence-corrected chi connectivity index (χ4v) is 2.52. The zero-order valence-electron chi connectivity index (χ0n) is 13.4. The predicted octanol–water partition coefficient (Wildman–Crippen LogP) is 1.64. The second kappa shape index (κ2) is 7.27. The van der Waals surface area contributed by atoms with E-state index in [1.165, 1.54) is 6.20 Å². The van der Waals surface area contributed by atoms with E-state index in [1.54, 1.807) is 19.1 Å². The number of ether oxygens (including phenoxy) is 1. The van der Waals surface area contributed by atoms with Gasteiger partial charge in [-0.3, -0.25) is 9.59 Å². The maximum absolute atomic E-state index is 12.2. The molecule has 1 N–H and O–H groups in total. The first-order valence-corrected chi connectivity index (χ1v) is 7.80. The molecule has 1 aliphatic rings. The normalized spacial score (nSPS) is 14.5. The summed E-state index contributed by atoms with van der Waals surface area (Å²) in [6, 6.07) is 7.24. The summed E-state index contributed by atoms with van der Waals surface area (Å²) in [7, 11) is 0. The lowest BCUT2D eigenvalue weighted by Crippen LogP contribution is -2.41. The standard InChI is InChI=1S/C17H19N3O4/c1-12-15(11-18-24-12)17(22)19-14-4-2-13(3-5-14)10-16(21)20-6-8-23-9-7-20/h2-5,11H,6-10H2,1H3,(H,19,22). The number of amides is 2. The average molecular weight is 329 g/mol. The van der Waals surface area contributed by atoms with Gasteiger partial charge in [0.25, 0.3) is 5.91 Å². The molecule has 0 aliphatic carbocycles. The van der Waals surface area contributed by atoms with Crippen molar-refractivity contribution in [1.29, 1.82) is 0 Å². The Balaban J connectivity index is 1.58. The van der Waals surface area contributed by atoms with Crippen molar-refractivity contribution in [2.24, 2.45) is 0 Å². The van der Waals surface area contributed by atoms with Crippen molar-refractivity contribution in [1.82, 2.24) is 10.1 Å². The maximum atomic E-state index is 12.2. The molecule has 1 fully saturated rings. The monoisotopic (exact) mass is 329 g/mol. The van der Waals surface area contributed by atoms with Crippen LogP contribution in [0, 0.1) is 6.92 Å². The van der Waals surface area contributed by atoms with E-state index >= 15 is 0 Å². The van der Waals surface area contributed by atoms with Crippen LogP contribution in [0.25, 0.3) is 0 Å². The van der Waals surface area contributed by atoms with Crippen LogP contribution in [0.5, 0.6) is 0 Å². The van der Waals surface area contributed by atoms with Crippen molar-refractivity contribution >= 4 is 17.5 Å². The van der Waals surface area contributed by atoms with Gasteiger partial charge >= 0.3 is 0 Å². The molecular formula is C17H19N3O4. The summed E-state index contributed by atoms with van der Waals surface area (Å²) >= 11 is 0. The highest BCUT2D eigenvalue weighted by atomic mass is 16.5. The third-order valence-electron chi connectivity index (χ3n) is 3.93. The predicted molar refractivity (Wildman–Crippen MR) is 86.7 cm³/mol. The third kappa shape index (κ3) is 3.80. The summed E-state index contributed by atoms with van der Waals surface area (Å²) in [6.45, 7) is 4.16. The molecule has 2 aromatic rings. The van der Waals surface area contributed by atoms with Crippen LogP contribution >= 0.6 is 0 Å². The van der Waals surface area contributed by atoms with Crippen LogP contribution in [0.3, 0.4) is 0 Å². The number of nitrogens with zero attached hydrogens (tertiary/aromatic N) is 2. The Morgan fingerprint density at radius 2 is 1.92 bits per heavy atom. The van der Waals surface area contributed by atoms with Crippen molar-refractivity contribution in [2.75, 3.05) is 31.6 Å². The SMILES string of the molecule is Cc1oncc1C(=O)Nc1ccc(CC(=O)N2CCOCC2)cc1. The van der Waals surface area contributed by atoms with E-state index in [2.05, 4.69) is 10.5 Å². The third-order valence-corrected chi connectivity index (χ3v) is 3.93. The van der Waals surface area contributed by atoms with Crippen LogP contribution in [0.2, 0.25) is 0 Å². The average Bonchev–Trinajstić information content (AvgIpc) is 3.03. The van der Waals surface area contributed by atoms with Gasteiger partial charge in [-0.2, -0.15) is 0 Å². The maximum Gasteiger partial charge on any atom is 0.260 e. The van der Waals surface area contributed by atoms with Crippen LogP contribution in [0.4, 0.5) is 5.69 Å². The number of carbonyl (C=O) groups excluding carboxylic acids is 2. The second-order valence-corrected chi connectivity index (χ2v) is 5.62. The minimum Gasteiger partial charge on any atom is -0.378 e. The van der Waals surface area contributed by atoms with Gasteiger partial charge in [0.15, 0.2) is 0 Å². The van der Waals surface area contributed by atoms with Gasteiger partial charge in [0.2, 0.25) is 5.91 Å². The first kappa shape index (κ1) is 16.2. The molecule has 7 heteroatoms. The highest BCUT2D eigenvalue weighted by Crippen LogP contribution is 2.14. The van der Waals surface area contributed by atoms with E-state index in [0.29, 0.717) is 49.7 Å². The quantitative estimate of drug-likeness (QED) is 0.922. The Hall–Kier alpha value is -2.67. The molecular weight excluding hydrogens is 310 g/mol. The Bertz CT molecular complexity index is 718. The molecule has 126 valence electrons. The topological polar surface area (TPSA) is 84.7 Å². The second-order valence-electron chi connectivity index (χ2n) is 5.62. The molecule has 1 aliphatic heterocycles. The fourth-order valence-electron chi connectivity index (χ4n) is 2.52. The summed E-state index contributed by atoms with van der Waals surface area (Å²) in [5, 5.41) is 6.37. The molecule has 1 aromatic heterocycles. The highest BCUT2D eigenvalue weighted by molar-refractivity contribution is 6.04. The molecule has 0 unspecified atom stereocenters. The first-order valence-electron chi connectivity index (χ1n) is 7.80. The molecule has 0 spiro atoms. The molecule has 0 saturated carbocycles. The number of carbonyl (C=O) groups is 2. The van der Waals surface area contributed by atoms with E-state index in [-0.39, 0.29) is 11.8 Å². The molecule has 2 amide bonds. The number of hydrogen-bond donors (Lipinski definition) is 1. The van der Waals surface area contributed by atoms with Gasteiger partial charge in [0.05, 0.1) is 25.8 Å². The van der Waals surface area contributed by atoms with Crippen molar-refractivity contribution in [3.8, 4) is 0 Å². The summed E-state index contributed by atoms with van der Waals surface area (Å²) in [6.07, 6.45) is 1.74. The summed E-state index contributed by atoms with van der Waals surface area (Å²) in [4.78, 5) is 26.1. The van der Waals surface area contributed by atoms with Gasteiger partial charge in [-0.05, 0) is 24.6 Å². The highest BCUT2D eigenvalue weighted by Gasteiger charge is 2.17. The molecule has 2 heterocycles. The smallest absolute Gasteiger partial charge is 0.260 e. The number of aromatic nitrogens is 1. The number of morpholine rings is 1. The van der Waals surface area contributed by atoms with Crippen LogP contribution in [0.1, 0.15) is 21.7 Å². The Morgan fingerprint density at radius 3 is 2.54 bits per heavy atom. The number of anilines is 1. The van der Waals surface area contributed by atoms with Crippen molar-refractivity contribution in [2.45, 2.75) is 13.3 Å². The minimum atomic E-state index is -0.272. The van der Waals surface area contributed by atoms with Crippen molar-refractivity contribution in [3.05, 3.63) is 47.3 Å². The molecule has 0 radical (unpaired) electrons. The zero-order valence-corrected chi connectivity index (χ0v) is 13.4. The Kier molecular flexibility index (Phi) is 4.90. The van der Waals surface area contributed by atoms with Gasteiger partial charge in [-0.15, -0.1) is 0 Å². The number of hydrogen-bond acceptors (Lipinski definition) is 5. The van der Waals surface area contributed by atoms with E-state index in [0.717, 1.165) is 5.56 Å². The Morgan fingerprint density at radius 1 is 1.21 bits per heavy atom. The van der Waals surface area contributed by atoms with Gasteiger partial charge in [-0.25, -0.2) is 0 Å². The number of benzene rings is 1. The number of rotatable bonds is 4. The molecule has 0 atom stereocenters. The lowest BCUT2D eigenvalue weighted by atomic mass is 10.1. The van der Waals surface area contributed by atoms with E-state index < -0.39 is 0 Å². The molecule has 0 bridgehead atoms. The van der Waals surface area contributed by atoms with Gasteiger partial charge < -0.3 is 19.5 Å². The van der Waals surface area contributed by atoms with Crippen LogP contribution in [0.15, 0.2) is 35.0 Å². The zero-order chi connectivity index (χ0) is 16.9. The van der Waals surface area contributed by atoms with Gasteiger partial charge in [0, 0.05) is 18.8 Å². The van der Waals surface area contributed by atoms with Gasteiger partial charge in [0.1, 0.15) is 11.3 Å². The van der Waals surface area contributed by atoms with Gasteiger partial charge in [-0.1, -0.05) is 17.3 Å². The molecule has 24 heavy (non-hydrogen) atoms. The van der Waals surface area contributed by atoms with Crippen molar-refractivity contribution in [3.63, 3.8) is 0 Å².